The second-order valence-corrected chi connectivity index (χ2v) is 1.45. The quantitative estimate of drug-likeness (QED) is 0.426. The first kappa shape index (κ1) is 12.9. The fraction of sp³-hybridized carbons (Fsp3) is 1.00. The zero-order valence-corrected chi connectivity index (χ0v) is 4.33. The Bertz CT molecular complexity index is 78.0. The molecule has 0 nitrogen and oxygen atoms in total. The van der Waals surface area contributed by atoms with Crippen molar-refractivity contribution in [3.63, 3.8) is 0 Å². The molecule has 58 valence electrons. The van der Waals surface area contributed by atoms with Crippen LogP contribution in [0.5, 0.6) is 0 Å². The molecular weight excluding hydrogens is 150 g/mol. The number of halogens is 5. The van der Waals surface area contributed by atoms with Crippen molar-refractivity contribution in [3.05, 3.63) is 0 Å². The molecule has 0 aliphatic rings. The van der Waals surface area contributed by atoms with E-state index in [-0.39, 0.29) is 18.9 Å². The molecule has 0 N–H and O–H groups in total. The molecule has 0 saturated heterocycles. The van der Waals surface area contributed by atoms with E-state index in [0.29, 0.717) is 0 Å². The van der Waals surface area contributed by atoms with Crippen LogP contribution in [0.3, 0.4) is 0 Å². The van der Waals surface area contributed by atoms with E-state index in [4.69, 9.17) is 0 Å². The zero-order chi connectivity index (χ0) is 7.44. The van der Waals surface area contributed by atoms with Gasteiger partial charge in [0.25, 0.3) is 6.43 Å². The normalized spacial score (nSPS) is 16.2. The predicted molar refractivity (Wildman–Crippen MR) is 28.9 cm³/mol. The Morgan fingerprint density at radius 1 is 1.00 bits per heavy atom. The van der Waals surface area contributed by atoms with Gasteiger partial charge < -0.3 is 0 Å². The third-order valence-electron chi connectivity index (χ3n) is 0.734. The summed E-state index contributed by atoms with van der Waals surface area (Å²) >= 11 is 0. The van der Waals surface area contributed by atoms with E-state index < -0.39 is 25.4 Å². The molecule has 0 rings (SSSR count). The maximum absolute atomic E-state index is 11.6. The molecular formula is C4H6F5Li. The zero-order valence-electron chi connectivity index (χ0n) is 4.33. The van der Waals surface area contributed by atoms with Crippen molar-refractivity contribution in [2.75, 3.05) is 6.67 Å². The summed E-state index contributed by atoms with van der Waals surface area (Å²) in [5.74, 6) is 0. The number of hydrogen-bond donors (Lipinski definition) is 0. The van der Waals surface area contributed by atoms with E-state index in [0.717, 1.165) is 0 Å². The SMILES string of the molecule is FCC(F)C(F)C(F)F.[LiH]. The number of hydrogen-bond acceptors (Lipinski definition) is 0. The average molecular weight is 156 g/mol. The molecule has 0 radical (unpaired) electrons. The molecule has 0 aliphatic heterocycles. The van der Waals surface area contributed by atoms with E-state index in [9.17, 15) is 22.0 Å². The Balaban J connectivity index is 0. The van der Waals surface area contributed by atoms with Gasteiger partial charge >= 0.3 is 18.9 Å². The van der Waals surface area contributed by atoms with Crippen LogP contribution in [0, 0.1) is 0 Å². The van der Waals surface area contributed by atoms with Gasteiger partial charge in [0.1, 0.15) is 6.67 Å². The van der Waals surface area contributed by atoms with E-state index in [1.165, 1.54) is 0 Å². The van der Waals surface area contributed by atoms with Crippen molar-refractivity contribution < 1.29 is 22.0 Å². The minimum atomic E-state index is -3.43. The molecule has 0 aromatic carbocycles. The van der Waals surface area contributed by atoms with Crippen LogP contribution in [-0.4, -0.2) is 44.3 Å². The molecule has 2 atom stereocenters. The third-order valence-corrected chi connectivity index (χ3v) is 0.734. The molecule has 6 heteroatoms. The van der Waals surface area contributed by atoms with E-state index in [2.05, 4.69) is 0 Å². The van der Waals surface area contributed by atoms with Gasteiger partial charge in [-0.15, -0.1) is 0 Å². The molecule has 0 spiro atoms. The first-order valence-corrected chi connectivity index (χ1v) is 2.22. The maximum atomic E-state index is 11.6. The van der Waals surface area contributed by atoms with Crippen molar-refractivity contribution >= 4 is 18.9 Å². The second-order valence-electron chi connectivity index (χ2n) is 1.45. The summed E-state index contributed by atoms with van der Waals surface area (Å²) in [7, 11) is 0. The van der Waals surface area contributed by atoms with E-state index >= 15 is 0 Å². The summed E-state index contributed by atoms with van der Waals surface area (Å²) in [4.78, 5) is 0. The molecule has 0 bridgehead atoms. The number of alkyl halides is 5. The monoisotopic (exact) mass is 156 g/mol. The summed E-state index contributed by atoms with van der Waals surface area (Å²) in [6.45, 7) is -1.70. The molecule has 0 saturated carbocycles. The van der Waals surface area contributed by atoms with Gasteiger partial charge in [-0.2, -0.15) is 0 Å². The summed E-state index contributed by atoms with van der Waals surface area (Å²) < 4.78 is 56.3. The van der Waals surface area contributed by atoms with Gasteiger partial charge in [-0.25, -0.2) is 22.0 Å². The van der Waals surface area contributed by atoms with Crippen molar-refractivity contribution in [2.45, 2.75) is 18.8 Å². The van der Waals surface area contributed by atoms with Gasteiger partial charge in [-0.3, -0.25) is 0 Å². The van der Waals surface area contributed by atoms with Crippen LogP contribution < -0.4 is 0 Å². The van der Waals surface area contributed by atoms with E-state index in [1.54, 1.807) is 0 Å². The Labute approximate surface area is 67.0 Å². The molecule has 0 heterocycles. The average Bonchev–Trinajstić information content (AvgIpc) is 1.84. The van der Waals surface area contributed by atoms with Crippen molar-refractivity contribution in [2.24, 2.45) is 0 Å². The molecule has 0 aromatic heterocycles. The summed E-state index contributed by atoms with van der Waals surface area (Å²) in [5, 5.41) is 0. The molecule has 0 amide bonds. The molecule has 10 heavy (non-hydrogen) atoms. The second kappa shape index (κ2) is 5.99. The van der Waals surface area contributed by atoms with Gasteiger partial charge in [0.2, 0.25) is 0 Å². The van der Waals surface area contributed by atoms with Crippen molar-refractivity contribution in [3.8, 4) is 0 Å². The van der Waals surface area contributed by atoms with Crippen molar-refractivity contribution in [1.29, 1.82) is 0 Å². The molecule has 0 aliphatic carbocycles. The standard InChI is InChI=1S/C4H5F5.Li.H/c5-1-2(6)3(7)4(8)9;;/h2-4H,1H2;;. The Kier molecular flexibility index (Phi) is 7.72. The fourth-order valence-electron chi connectivity index (χ4n) is 0.243. The topological polar surface area (TPSA) is 0 Å². The predicted octanol–water partition coefficient (Wildman–Crippen LogP) is 1.25. The molecule has 2 unspecified atom stereocenters. The van der Waals surface area contributed by atoms with Gasteiger partial charge in [-0.1, -0.05) is 0 Å². The Hall–Kier alpha value is 0.247. The van der Waals surface area contributed by atoms with Crippen LogP contribution in [0.4, 0.5) is 22.0 Å². The van der Waals surface area contributed by atoms with E-state index in [1.807, 2.05) is 0 Å². The minimum absolute atomic E-state index is 0. The summed E-state index contributed by atoms with van der Waals surface area (Å²) in [5.41, 5.74) is 0. The Morgan fingerprint density at radius 3 is 1.50 bits per heavy atom. The van der Waals surface area contributed by atoms with Crippen LogP contribution in [0.1, 0.15) is 0 Å². The van der Waals surface area contributed by atoms with Crippen LogP contribution in [0.15, 0.2) is 0 Å². The van der Waals surface area contributed by atoms with Crippen LogP contribution in [-0.2, 0) is 0 Å². The van der Waals surface area contributed by atoms with Gasteiger partial charge in [0.15, 0.2) is 12.3 Å². The van der Waals surface area contributed by atoms with Gasteiger partial charge in [-0.05, 0) is 0 Å². The van der Waals surface area contributed by atoms with Crippen LogP contribution in [0.25, 0.3) is 0 Å². The molecule has 0 fully saturated rings. The number of rotatable bonds is 3. The Morgan fingerprint density at radius 2 is 1.40 bits per heavy atom. The first-order chi connectivity index (χ1) is 4.09. The first-order valence-electron chi connectivity index (χ1n) is 2.22. The summed E-state index contributed by atoms with van der Waals surface area (Å²) in [6, 6.07) is 0. The fourth-order valence-corrected chi connectivity index (χ4v) is 0.243. The van der Waals surface area contributed by atoms with Crippen LogP contribution >= 0.6 is 0 Å². The van der Waals surface area contributed by atoms with Crippen LogP contribution in [0.2, 0.25) is 0 Å². The third kappa shape index (κ3) is 4.13. The summed E-state index contributed by atoms with van der Waals surface area (Å²) in [6.07, 6.45) is -9.12. The molecule has 0 aromatic rings. The van der Waals surface area contributed by atoms with Gasteiger partial charge in [0, 0.05) is 0 Å². The van der Waals surface area contributed by atoms with Gasteiger partial charge in [0.05, 0.1) is 0 Å². The van der Waals surface area contributed by atoms with Crippen molar-refractivity contribution in [1.82, 2.24) is 0 Å².